The third-order valence-electron chi connectivity index (χ3n) is 7.69. The van der Waals surface area contributed by atoms with E-state index in [1.165, 1.54) is 23.7 Å². The number of hydrogen-bond donors (Lipinski definition) is 2. The van der Waals surface area contributed by atoms with Crippen LogP contribution in [0.25, 0.3) is 21.1 Å². The van der Waals surface area contributed by atoms with Gasteiger partial charge < -0.3 is 24.3 Å². The lowest BCUT2D eigenvalue weighted by Crippen LogP contribution is -2.42. The Morgan fingerprint density at radius 1 is 1.14 bits per heavy atom. The summed E-state index contributed by atoms with van der Waals surface area (Å²) in [6, 6.07) is 13.2. The molecule has 44 heavy (non-hydrogen) atoms. The van der Waals surface area contributed by atoms with Gasteiger partial charge in [-0.05, 0) is 48.5 Å². The normalized spacial score (nSPS) is 18.4. The van der Waals surface area contributed by atoms with Crippen LogP contribution >= 0.6 is 11.3 Å². The third-order valence-corrected chi connectivity index (χ3v) is 8.74. The Kier molecular flexibility index (Phi) is 7.82. The van der Waals surface area contributed by atoms with Gasteiger partial charge in [-0.1, -0.05) is 11.8 Å². The van der Waals surface area contributed by atoms with E-state index in [9.17, 15) is 13.6 Å². The molecule has 2 saturated heterocycles. The Morgan fingerprint density at radius 3 is 2.91 bits per heavy atom. The molecule has 3 aromatic heterocycles. The molecule has 9 nitrogen and oxygen atoms in total. The summed E-state index contributed by atoms with van der Waals surface area (Å²) in [5.41, 5.74) is 2.82. The van der Waals surface area contributed by atoms with Gasteiger partial charge in [0.15, 0.2) is 5.82 Å². The molecule has 12 heteroatoms. The number of hydrogen-bond acceptors (Lipinski definition) is 8. The number of amides is 1. The van der Waals surface area contributed by atoms with Crippen LogP contribution < -0.4 is 10.6 Å². The van der Waals surface area contributed by atoms with E-state index in [1.54, 1.807) is 4.90 Å². The van der Waals surface area contributed by atoms with E-state index in [2.05, 4.69) is 32.4 Å². The summed E-state index contributed by atoms with van der Waals surface area (Å²) in [5.74, 6) is 6.28. The molecule has 2 aliphatic heterocycles. The molecule has 2 N–H and O–H groups in total. The molecule has 2 aliphatic rings. The minimum absolute atomic E-state index is 0.0807. The van der Waals surface area contributed by atoms with Gasteiger partial charge in [0.2, 0.25) is 0 Å². The first-order chi connectivity index (χ1) is 21.5. The zero-order chi connectivity index (χ0) is 30.0. The molecule has 7 rings (SSSR count). The molecule has 0 unspecified atom stereocenters. The smallest absolute Gasteiger partial charge is 0.410 e. The average Bonchev–Trinajstić information content (AvgIpc) is 3.77. The number of benzene rings is 2. The predicted molar refractivity (Wildman–Crippen MR) is 164 cm³/mol. The number of carbonyl (C=O) groups is 1. The van der Waals surface area contributed by atoms with E-state index < -0.39 is 11.6 Å². The summed E-state index contributed by atoms with van der Waals surface area (Å²) in [5, 5.41) is 7.68. The zero-order valence-electron chi connectivity index (χ0n) is 23.6. The molecule has 0 radical (unpaired) electrons. The third kappa shape index (κ3) is 6.07. The van der Waals surface area contributed by atoms with Crippen LogP contribution in [0.3, 0.4) is 0 Å². The van der Waals surface area contributed by atoms with Crippen molar-refractivity contribution >= 4 is 50.1 Å². The number of fused-ring (bicyclic) bond motifs is 2. The molecular weight excluding hydrogens is 586 g/mol. The van der Waals surface area contributed by atoms with Crippen molar-refractivity contribution in [2.24, 2.45) is 0 Å². The van der Waals surface area contributed by atoms with Crippen molar-refractivity contribution in [2.45, 2.75) is 25.1 Å². The Labute approximate surface area is 255 Å². The standard InChI is InChI=1S/C32H28F2N6O3S/c33-22-1-5-27(34)21(13-22)18-40-8-7-20-14-24(3-6-29(20)40)38-31-30-28(36-19-37-31)16-26(44-30)4-2-23-15-25(17-35-23)43-32(41)39-9-11-42-12-10-39/h1,3,5-8,13-14,16,19,23,25,35H,9-12,15,17-18H2,(H,36,37,38)/t23-,25-/m0/s1. The lowest BCUT2D eigenvalue weighted by atomic mass is 10.2. The summed E-state index contributed by atoms with van der Waals surface area (Å²) >= 11 is 1.51. The van der Waals surface area contributed by atoms with Crippen LogP contribution in [0, 0.1) is 23.5 Å². The summed E-state index contributed by atoms with van der Waals surface area (Å²) in [6.07, 6.45) is 3.49. The van der Waals surface area contributed by atoms with Crippen LogP contribution in [0.1, 0.15) is 16.9 Å². The van der Waals surface area contributed by atoms with E-state index in [0.717, 1.165) is 43.8 Å². The number of halogens is 2. The second-order valence-electron chi connectivity index (χ2n) is 10.7. The quantitative estimate of drug-likeness (QED) is 0.261. The molecule has 1 amide bonds. The number of anilines is 2. The van der Waals surface area contributed by atoms with Crippen LogP contribution in [-0.2, 0) is 16.0 Å². The van der Waals surface area contributed by atoms with Crippen LogP contribution in [-0.4, -0.2) is 70.5 Å². The van der Waals surface area contributed by atoms with Crippen LogP contribution in [0.4, 0.5) is 25.1 Å². The second kappa shape index (κ2) is 12.2. The highest BCUT2D eigenvalue weighted by atomic mass is 32.1. The minimum Gasteiger partial charge on any atom is -0.445 e. The number of nitrogens with one attached hydrogen (secondary N) is 2. The highest BCUT2D eigenvalue weighted by Crippen LogP contribution is 2.32. The second-order valence-corrected chi connectivity index (χ2v) is 11.7. The first-order valence-corrected chi connectivity index (χ1v) is 15.1. The largest absolute Gasteiger partial charge is 0.445 e. The van der Waals surface area contributed by atoms with Crippen molar-refractivity contribution < 1.29 is 23.0 Å². The number of thiophene rings is 1. The average molecular weight is 615 g/mol. The lowest BCUT2D eigenvalue weighted by molar-refractivity contribution is 0.0156. The van der Waals surface area contributed by atoms with Crippen molar-refractivity contribution in [1.29, 1.82) is 0 Å². The van der Waals surface area contributed by atoms with Gasteiger partial charge in [-0.2, -0.15) is 0 Å². The fourth-order valence-electron chi connectivity index (χ4n) is 5.43. The Morgan fingerprint density at radius 2 is 2.02 bits per heavy atom. The monoisotopic (exact) mass is 614 g/mol. The summed E-state index contributed by atoms with van der Waals surface area (Å²) in [7, 11) is 0. The van der Waals surface area contributed by atoms with E-state index in [1.807, 2.05) is 41.1 Å². The molecule has 2 atom stereocenters. The van der Waals surface area contributed by atoms with E-state index in [0.29, 0.717) is 50.7 Å². The topological polar surface area (TPSA) is 93.5 Å². The molecule has 2 aromatic carbocycles. The zero-order valence-corrected chi connectivity index (χ0v) is 24.4. The van der Waals surface area contributed by atoms with Crippen LogP contribution in [0.15, 0.2) is 61.1 Å². The molecule has 5 heterocycles. The van der Waals surface area contributed by atoms with Crippen molar-refractivity contribution in [3.63, 3.8) is 0 Å². The number of ether oxygens (including phenoxy) is 2. The summed E-state index contributed by atoms with van der Waals surface area (Å²) < 4.78 is 41.6. The Bertz CT molecular complexity index is 1910. The minimum atomic E-state index is -0.463. The molecule has 0 saturated carbocycles. The lowest BCUT2D eigenvalue weighted by Gasteiger charge is -2.27. The van der Waals surface area contributed by atoms with E-state index in [-0.39, 0.29) is 24.8 Å². The fourth-order valence-corrected chi connectivity index (χ4v) is 6.35. The number of nitrogens with zero attached hydrogens (tertiary/aromatic N) is 4. The van der Waals surface area contributed by atoms with Gasteiger partial charge in [0.05, 0.1) is 40.9 Å². The molecule has 5 aromatic rings. The molecule has 2 fully saturated rings. The highest BCUT2D eigenvalue weighted by Gasteiger charge is 2.28. The first-order valence-electron chi connectivity index (χ1n) is 14.3. The van der Waals surface area contributed by atoms with Gasteiger partial charge in [0, 0.05) is 54.4 Å². The van der Waals surface area contributed by atoms with Gasteiger partial charge in [0.1, 0.15) is 24.1 Å². The van der Waals surface area contributed by atoms with Gasteiger partial charge >= 0.3 is 6.09 Å². The Hall–Kier alpha value is -4.57. The van der Waals surface area contributed by atoms with Gasteiger partial charge in [-0.25, -0.2) is 23.5 Å². The van der Waals surface area contributed by atoms with Crippen molar-refractivity contribution in [3.05, 3.63) is 83.1 Å². The van der Waals surface area contributed by atoms with E-state index >= 15 is 0 Å². The van der Waals surface area contributed by atoms with Crippen LogP contribution in [0.5, 0.6) is 0 Å². The molecule has 0 bridgehead atoms. The molecule has 0 aliphatic carbocycles. The maximum atomic E-state index is 14.2. The van der Waals surface area contributed by atoms with Crippen LogP contribution in [0.2, 0.25) is 0 Å². The fraction of sp³-hybridized carbons (Fsp3) is 0.281. The van der Waals surface area contributed by atoms with Crippen molar-refractivity contribution in [3.8, 4) is 11.8 Å². The Balaban J connectivity index is 1.02. The van der Waals surface area contributed by atoms with Gasteiger partial charge in [0.25, 0.3) is 0 Å². The molecule has 224 valence electrons. The summed E-state index contributed by atoms with van der Waals surface area (Å²) in [6.45, 7) is 2.97. The highest BCUT2D eigenvalue weighted by molar-refractivity contribution is 7.20. The maximum absolute atomic E-state index is 14.2. The summed E-state index contributed by atoms with van der Waals surface area (Å²) in [4.78, 5) is 23.8. The number of aromatic nitrogens is 3. The maximum Gasteiger partial charge on any atom is 0.410 e. The van der Waals surface area contributed by atoms with Gasteiger partial charge in [-0.15, -0.1) is 11.3 Å². The predicted octanol–water partition coefficient (Wildman–Crippen LogP) is 5.27. The first kappa shape index (κ1) is 28.2. The van der Waals surface area contributed by atoms with Crippen molar-refractivity contribution in [1.82, 2.24) is 24.8 Å². The van der Waals surface area contributed by atoms with E-state index in [4.69, 9.17) is 9.47 Å². The number of morpholine rings is 1. The van der Waals surface area contributed by atoms with Crippen molar-refractivity contribution in [2.75, 3.05) is 38.2 Å². The SMILES string of the molecule is O=C(O[C@@H]1CN[C@@H](C#Cc2cc3ncnc(Nc4ccc5c(ccn5Cc5cc(F)ccc5F)c4)c3s2)C1)N1CCOCC1. The van der Waals surface area contributed by atoms with Gasteiger partial charge in [-0.3, -0.25) is 5.32 Å². The molecular formula is C32H28F2N6O3S. The number of carbonyl (C=O) groups excluding carboxylic acids is 1. The molecule has 0 spiro atoms. The number of rotatable bonds is 5.